The SMILES string of the molecule is Cn1ncc2cc(C(=O)NN)cc(Oc3ccc(OCCCN4CC5CCC4CO5)cc3)c21. The predicted octanol–water partition coefficient (Wildman–Crippen LogP) is 2.60. The molecule has 2 atom stereocenters. The Bertz CT molecular complexity index is 1120. The molecule has 1 aromatic heterocycles. The molecule has 3 aromatic rings. The number of carbonyl (C=O) groups is 1. The fourth-order valence-corrected chi connectivity index (χ4v) is 4.67. The number of fused-ring (bicyclic) bond motifs is 4. The summed E-state index contributed by atoms with van der Waals surface area (Å²) in [6.45, 7) is 3.63. The van der Waals surface area contributed by atoms with Crippen molar-refractivity contribution < 1.29 is 19.0 Å². The summed E-state index contributed by atoms with van der Waals surface area (Å²) in [6, 6.07) is 11.5. The normalized spacial score (nSPS) is 20.2. The summed E-state index contributed by atoms with van der Waals surface area (Å²) in [5.74, 6) is 6.87. The number of hydrogen-bond acceptors (Lipinski definition) is 7. The van der Waals surface area contributed by atoms with Crippen LogP contribution in [0, 0.1) is 0 Å². The number of nitrogens with two attached hydrogens (primary N) is 1. The van der Waals surface area contributed by atoms with Crippen LogP contribution >= 0.6 is 0 Å². The molecule has 3 N–H and O–H groups in total. The lowest BCUT2D eigenvalue weighted by Crippen LogP contribution is -2.54. The fraction of sp³-hybridized carbons (Fsp3) is 0.417. The molecule has 0 radical (unpaired) electrons. The van der Waals surface area contributed by atoms with Gasteiger partial charge in [-0.05, 0) is 55.7 Å². The quantitative estimate of drug-likeness (QED) is 0.235. The Hall–Kier alpha value is -3.14. The average Bonchev–Trinajstić information content (AvgIpc) is 3.24. The van der Waals surface area contributed by atoms with Crippen LogP contribution in [0.15, 0.2) is 42.6 Å². The van der Waals surface area contributed by atoms with Crippen molar-refractivity contribution in [3.63, 3.8) is 0 Å². The lowest BCUT2D eigenvalue weighted by molar-refractivity contribution is -0.106. The molecule has 174 valence electrons. The van der Waals surface area contributed by atoms with E-state index in [9.17, 15) is 4.79 Å². The van der Waals surface area contributed by atoms with Crippen LogP contribution in [0.25, 0.3) is 10.9 Å². The van der Waals surface area contributed by atoms with Crippen LogP contribution in [-0.4, -0.2) is 59.0 Å². The van der Waals surface area contributed by atoms with Gasteiger partial charge in [0, 0.05) is 37.1 Å². The highest BCUT2D eigenvalue weighted by Gasteiger charge is 2.33. The number of aromatic nitrogens is 2. The summed E-state index contributed by atoms with van der Waals surface area (Å²) in [7, 11) is 1.83. The van der Waals surface area contributed by atoms with Gasteiger partial charge in [0.15, 0.2) is 5.75 Å². The van der Waals surface area contributed by atoms with Crippen molar-refractivity contribution in [1.82, 2.24) is 20.1 Å². The van der Waals surface area contributed by atoms with Gasteiger partial charge in [-0.2, -0.15) is 5.10 Å². The Morgan fingerprint density at radius 2 is 2.06 bits per heavy atom. The maximum atomic E-state index is 12.0. The molecule has 2 bridgehead atoms. The minimum absolute atomic E-state index is 0.390. The van der Waals surface area contributed by atoms with Gasteiger partial charge >= 0.3 is 0 Å². The van der Waals surface area contributed by atoms with Crippen LogP contribution in [0.1, 0.15) is 29.6 Å². The Morgan fingerprint density at radius 1 is 1.24 bits per heavy atom. The van der Waals surface area contributed by atoms with E-state index in [1.54, 1.807) is 23.0 Å². The number of nitrogens with zero attached hydrogens (tertiary/aromatic N) is 3. The molecule has 0 spiro atoms. The molecule has 6 rings (SSSR count). The number of carbonyl (C=O) groups excluding carboxylic acids is 1. The van der Waals surface area contributed by atoms with E-state index < -0.39 is 0 Å². The van der Waals surface area contributed by atoms with Crippen LogP contribution < -0.4 is 20.7 Å². The second-order valence-electron chi connectivity index (χ2n) is 8.61. The number of amides is 1. The summed E-state index contributed by atoms with van der Waals surface area (Å²) in [5, 5.41) is 5.06. The van der Waals surface area contributed by atoms with Gasteiger partial charge in [-0.3, -0.25) is 19.8 Å². The Balaban J connectivity index is 1.19. The van der Waals surface area contributed by atoms with Crippen molar-refractivity contribution >= 4 is 16.8 Å². The van der Waals surface area contributed by atoms with Gasteiger partial charge in [0.25, 0.3) is 5.91 Å². The number of hydrogen-bond donors (Lipinski definition) is 2. The molecule has 1 amide bonds. The number of nitrogens with one attached hydrogen (secondary N) is 1. The molecule has 3 aliphatic rings. The van der Waals surface area contributed by atoms with Gasteiger partial charge in [-0.25, -0.2) is 5.84 Å². The third kappa shape index (κ3) is 4.66. The van der Waals surface area contributed by atoms with E-state index in [-0.39, 0.29) is 5.91 Å². The molecule has 0 aliphatic carbocycles. The van der Waals surface area contributed by atoms with Crippen molar-refractivity contribution in [3.8, 4) is 17.2 Å². The molecule has 4 heterocycles. The summed E-state index contributed by atoms with van der Waals surface area (Å²) in [5.41, 5.74) is 3.35. The summed E-state index contributed by atoms with van der Waals surface area (Å²) in [4.78, 5) is 14.6. The standard InChI is InChI=1S/C24H29N5O4/c1-28-23-17(13-26-28)11-16(24(30)27-25)12-22(23)33-20-7-5-19(6-8-20)31-10-2-9-29-14-21-4-3-18(29)15-32-21/h5-8,11-13,18,21H,2-4,9-10,14-15,25H2,1H3,(H,27,30). The van der Waals surface area contributed by atoms with Gasteiger partial charge in [0.1, 0.15) is 17.0 Å². The van der Waals surface area contributed by atoms with Crippen molar-refractivity contribution in [2.45, 2.75) is 31.4 Å². The number of nitrogen functional groups attached to an aromatic ring is 1. The second kappa shape index (κ2) is 9.38. The summed E-state index contributed by atoms with van der Waals surface area (Å²) < 4.78 is 19.5. The highest BCUT2D eigenvalue weighted by atomic mass is 16.5. The van der Waals surface area contributed by atoms with Crippen LogP contribution in [0.4, 0.5) is 0 Å². The van der Waals surface area contributed by atoms with Gasteiger partial charge in [-0.1, -0.05) is 0 Å². The van der Waals surface area contributed by atoms with Gasteiger partial charge in [0.2, 0.25) is 0 Å². The Morgan fingerprint density at radius 3 is 2.76 bits per heavy atom. The van der Waals surface area contributed by atoms with Crippen molar-refractivity contribution in [3.05, 3.63) is 48.2 Å². The zero-order valence-electron chi connectivity index (χ0n) is 18.7. The van der Waals surface area contributed by atoms with Gasteiger partial charge < -0.3 is 14.2 Å². The summed E-state index contributed by atoms with van der Waals surface area (Å²) >= 11 is 0. The second-order valence-corrected chi connectivity index (χ2v) is 8.61. The van der Waals surface area contributed by atoms with E-state index in [0.717, 1.165) is 42.8 Å². The molecule has 9 nitrogen and oxygen atoms in total. The minimum atomic E-state index is -0.390. The highest BCUT2D eigenvalue weighted by molar-refractivity contribution is 5.99. The number of rotatable bonds is 8. The fourth-order valence-electron chi connectivity index (χ4n) is 4.67. The third-order valence-corrected chi connectivity index (χ3v) is 6.40. The maximum Gasteiger partial charge on any atom is 0.265 e. The first kappa shape index (κ1) is 21.7. The number of piperidine rings is 1. The molecule has 33 heavy (non-hydrogen) atoms. The van der Waals surface area contributed by atoms with E-state index in [0.29, 0.717) is 35.8 Å². The first-order valence-electron chi connectivity index (χ1n) is 11.3. The Labute approximate surface area is 192 Å². The van der Waals surface area contributed by atoms with Crippen LogP contribution in [-0.2, 0) is 11.8 Å². The molecule has 2 aromatic carbocycles. The zero-order valence-corrected chi connectivity index (χ0v) is 18.7. The molecular weight excluding hydrogens is 422 g/mol. The van der Waals surface area contributed by atoms with E-state index in [2.05, 4.69) is 15.4 Å². The van der Waals surface area contributed by atoms with Crippen LogP contribution in [0.2, 0.25) is 0 Å². The van der Waals surface area contributed by atoms with E-state index in [1.165, 1.54) is 12.8 Å². The van der Waals surface area contributed by atoms with E-state index >= 15 is 0 Å². The molecule has 3 fully saturated rings. The highest BCUT2D eigenvalue weighted by Crippen LogP contribution is 2.32. The first-order valence-corrected chi connectivity index (χ1v) is 11.3. The molecule has 9 heteroatoms. The van der Waals surface area contributed by atoms with Crippen LogP contribution in [0.3, 0.4) is 0 Å². The molecule has 3 saturated heterocycles. The number of benzene rings is 2. The number of ether oxygens (including phenoxy) is 3. The van der Waals surface area contributed by atoms with Gasteiger partial charge in [0.05, 0.1) is 25.5 Å². The lowest BCUT2D eigenvalue weighted by atomic mass is 9.97. The van der Waals surface area contributed by atoms with Gasteiger partial charge in [-0.15, -0.1) is 0 Å². The molecule has 3 aliphatic heterocycles. The zero-order chi connectivity index (χ0) is 22.8. The van der Waals surface area contributed by atoms with Crippen molar-refractivity contribution in [2.75, 3.05) is 26.3 Å². The monoisotopic (exact) mass is 451 g/mol. The first-order chi connectivity index (χ1) is 16.1. The lowest BCUT2D eigenvalue weighted by Gasteiger charge is -2.45. The Kier molecular flexibility index (Phi) is 6.17. The number of hydrazine groups is 1. The predicted molar refractivity (Wildman–Crippen MR) is 123 cm³/mol. The minimum Gasteiger partial charge on any atom is -0.494 e. The van der Waals surface area contributed by atoms with Crippen molar-refractivity contribution in [1.29, 1.82) is 0 Å². The number of aryl methyl sites for hydroxylation is 1. The largest absolute Gasteiger partial charge is 0.494 e. The summed E-state index contributed by atoms with van der Waals surface area (Å²) in [6.07, 6.45) is 5.53. The maximum absolute atomic E-state index is 12.0. The van der Waals surface area contributed by atoms with Crippen LogP contribution in [0.5, 0.6) is 17.2 Å². The van der Waals surface area contributed by atoms with E-state index in [1.807, 2.05) is 31.3 Å². The van der Waals surface area contributed by atoms with Crippen molar-refractivity contribution in [2.24, 2.45) is 12.9 Å². The number of morpholine rings is 1. The molecule has 0 saturated carbocycles. The third-order valence-electron chi connectivity index (χ3n) is 6.40. The topological polar surface area (TPSA) is 104 Å². The average molecular weight is 452 g/mol. The molecule has 2 unspecified atom stereocenters. The molecular formula is C24H29N5O4. The smallest absolute Gasteiger partial charge is 0.265 e. The van der Waals surface area contributed by atoms with E-state index in [4.69, 9.17) is 20.1 Å².